The molecule has 0 radical (unpaired) electrons. The zero-order valence-electron chi connectivity index (χ0n) is 18.9. The third-order valence-corrected chi connectivity index (χ3v) is 6.62. The number of ketones is 1. The number of fused-ring (bicyclic) bond motifs is 1. The minimum Gasteiger partial charge on any atom is -0.363 e. The molecule has 0 saturated carbocycles. The smallest absolute Gasteiger partial charge is 0.363 e. The van der Waals surface area contributed by atoms with E-state index >= 15 is 0 Å². The van der Waals surface area contributed by atoms with Crippen molar-refractivity contribution in [3.05, 3.63) is 82.5 Å². The summed E-state index contributed by atoms with van der Waals surface area (Å²) in [4.78, 5) is 15.2. The average Bonchev–Trinajstić information content (AvgIpc) is 3.23. The fourth-order valence-electron chi connectivity index (χ4n) is 4.51. The minimum absolute atomic E-state index is 0.114. The van der Waals surface area contributed by atoms with Crippen LogP contribution in [0.4, 0.5) is 19.0 Å². The lowest BCUT2D eigenvalue weighted by Gasteiger charge is -2.34. The highest BCUT2D eigenvalue weighted by atomic mass is 35.5. The van der Waals surface area contributed by atoms with Gasteiger partial charge in [-0.25, -0.2) is 4.68 Å². The SMILES string of the molecule is CN(C)C(CCC(=O)c1cnn2c1N[C@@H](c1ccccc1)C[C@H]2C(F)(F)F)c1ccccc1Cl. The second-order valence-electron chi connectivity index (χ2n) is 8.71. The first-order valence-electron chi connectivity index (χ1n) is 11.1. The van der Waals surface area contributed by atoms with E-state index in [1.165, 1.54) is 6.20 Å². The number of benzene rings is 2. The second-order valence-corrected chi connectivity index (χ2v) is 9.12. The summed E-state index contributed by atoms with van der Waals surface area (Å²) in [5.41, 5.74) is 1.80. The molecule has 5 nitrogen and oxygen atoms in total. The van der Waals surface area contributed by atoms with Crippen LogP contribution in [0.3, 0.4) is 0 Å². The van der Waals surface area contributed by atoms with Crippen LogP contribution in [0.5, 0.6) is 0 Å². The van der Waals surface area contributed by atoms with Crippen molar-refractivity contribution in [2.75, 3.05) is 19.4 Å². The zero-order valence-corrected chi connectivity index (χ0v) is 19.6. The van der Waals surface area contributed by atoms with Crippen molar-refractivity contribution < 1.29 is 18.0 Å². The van der Waals surface area contributed by atoms with Crippen LogP contribution in [-0.2, 0) is 0 Å². The molecule has 0 fully saturated rings. The lowest BCUT2D eigenvalue weighted by molar-refractivity contribution is -0.173. The van der Waals surface area contributed by atoms with Crippen molar-refractivity contribution in [1.29, 1.82) is 0 Å². The highest BCUT2D eigenvalue weighted by Crippen LogP contribution is 2.44. The molecular formula is C25H26ClF3N4O. The van der Waals surface area contributed by atoms with E-state index in [9.17, 15) is 18.0 Å². The third kappa shape index (κ3) is 4.98. The fourth-order valence-corrected chi connectivity index (χ4v) is 4.77. The molecule has 3 atom stereocenters. The first-order chi connectivity index (χ1) is 16.2. The number of Topliss-reactive ketones (excluding diaryl/α,β-unsaturated/α-hetero) is 1. The van der Waals surface area contributed by atoms with Gasteiger partial charge in [0.1, 0.15) is 5.82 Å². The van der Waals surface area contributed by atoms with Gasteiger partial charge in [-0.15, -0.1) is 0 Å². The van der Waals surface area contributed by atoms with E-state index in [2.05, 4.69) is 10.4 Å². The quantitative estimate of drug-likeness (QED) is 0.386. The van der Waals surface area contributed by atoms with Crippen LogP contribution < -0.4 is 5.32 Å². The zero-order chi connectivity index (χ0) is 24.5. The molecular weight excluding hydrogens is 465 g/mol. The fraction of sp³-hybridized carbons (Fsp3) is 0.360. The number of hydrogen-bond acceptors (Lipinski definition) is 4. The van der Waals surface area contributed by atoms with Gasteiger partial charge in [0.15, 0.2) is 11.8 Å². The Morgan fingerprint density at radius 1 is 1.18 bits per heavy atom. The van der Waals surface area contributed by atoms with Gasteiger partial charge < -0.3 is 10.2 Å². The highest BCUT2D eigenvalue weighted by molar-refractivity contribution is 6.31. The van der Waals surface area contributed by atoms with Crippen LogP contribution in [0.15, 0.2) is 60.8 Å². The number of nitrogens with zero attached hydrogens (tertiary/aromatic N) is 3. The van der Waals surface area contributed by atoms with Crippen molar-refractivity contribution in [3.8, 4) is 0 Å². The molecule has 180 valence electrons. The Hall–Kier alpha value is -2.84. The van der Waals surface area contributed by atoms with E-state index in [0.29, 0.717) is 11.4 Å². The van der Waals surface area contributed by atoms with Crippen LogP contribution in [-0.4, -0.2) is 40.7 Å². The summed E-state index contributed by atoms with van der Waals surface area (Å²) in [7, 11) is 3.81. The maximum Gasteiger partial charge on any atom is 0.410 e. The van der Waals surface area contributed by atoms with Gasteiger partial charge in [-0.2, -0.15) is 18.3 Å². The Balaban J connectivity index is 1.59. The van der Waals surface area contributed by atoms with E-state index < -0.39 is 18.3 Å². The Kier molecular flexibility index (Phi) is 7.00. The minimum atomic E-state index is -4.49. The molecule has 2 heterocycles. The molecule has 2 aromatic carbocycles. The van der Waals surface area contributed by atoms with Gasteiger partial charge in [0.25, 0.3) is 0 Å². The number of carbonyl (C=O) groups excluding carboxylic acids is 1. The highest BCUT2D eigenvalue weighted by Gasteiger charge is 2.47. The molecule has 0 bridgehead atoms. The molecule has 1 aliphatic rings. The van der Waals surface area contributed by atoms with Crippen LogP contribution in [0.2, 0.25) is 5.02 Å². The van der Waals surface area contributed by atoms with Gasteiger partial charge in [0.05, 0.1) is 17.8 Å². The molecule has 1 aromatic heterocycles. The number of carbonyl (C=O) groups is 1. The molecule has 9 heteroatoms. The molecule has 3 aromatic rings. The summed E-state index contributed by atoms with van der Waals surface area (Å²) < 4.78 is 42.6. The number of aromatic nitrogens is 2. The van der Waals surface area contributed by atoms with Crippen LogP contribution in [0.1, 0.15) is 58.9 Å². The molecule has 4 rings (SSSR count). The van der Waals surface area contributed by atoms with Crippen molar-refractivity contribution in [2.45, 2.75) is 43.6 Å². The van der Waals surface area contributed by atoms with Gasteiger partial charge in [0.2, 0.25) is 0 Å². The standard InChI is InChI=1S/C25H26ClF3N4O/c1-32(2)21(17-10-6-7-11-19(17)26)12-13-22(34)18-15-30-33-23(25(27,28)29)14-20(31-24(18)33)16-8-4-3-5-9-16/h3-11,15,20-21,23,31H,12-14H2,1-2H3/t20-,21?,23+/m1/s1. The third-order valence-electron chi connectivity index (χ3n) is 6.27. The molecule has 1 aliphatic heterocycles. The van der Waals surface area contributed by atoms with Crippen LogP contribution >= 0.6 is 11.6 Å². The summed E-state index contributed by atoms with van der Waals surface area (Å²) in [6.07, 6.45) is -2.84. The van der Waals surface area contributed by atoms with Crippen molar-refractivity contribution >= 4 is 23.2 Å². The average molecular weight is 491 g/mol. The van der Waals surface area contributed by atoms with Crippen LogP contribution in [0.25, 0.3) is 0 Å². The Labute approximate surface area is 201 Å². The summed E-state index contributed by atoms with van der Waals surface area (Å²) in [5.74, 6) is -0.145. The molecule has 34 heavy (non-hydrogen) atoms. The van der Waals surface area contributed by atoms with E-state index in [1.54, 1.807) is 30.3 Å². The first kappa shape index (κ1) is 24.3. The van der Waals surface area contributed by atoms with E-state index in [0.717, 1.165) is 15.8 Å². The van der Waals surface area contributed by atoms with Gasteiger partial charge >= 0.3 is 6.18 Å². The Morgan fingerprint density at radius 2 is 1.85 bits per heavy atom. The molecule has 0 spiro atoms. The van der Waals surface area contributed by atoms with Gasteiger partial charge in [-0.05, 0) is 37.7 Å². The summed E-state index contributed by atoms with van der Waals surface area (Å²) >= 11 is 6.36. The number of alkyl halides is 3. The molecule has 0 saturated heterocycles. The lowest BCUT2D eigenvalue weighted by Crippen LogP contribution is -2.36. The molecule has 0 amide bonds. The first-order valence-corrected chi connectivity index (χ1v) is 11.4. The van der Waals surface area contributed by atoms with Crippen molar-refractivity contribution in [2.24, 2.45) is 0 Å². The number of hydrogen-bond donors (Lipinski definition) is 1. The number of nitrogens with one attached hydrogen (secondary N) is 1. The normalized spacial score (nSPS) is 18.9. The molecule has 1 unspecified atom stereocenters. The monoisotopic (exact) mass is 490 g/mol. The van der Waals surface area contributed by atoms with E-state index in [-0.39, 0.29) is 36.0 Å². The van der Waals surface area contributed by atoms with Gasteiger partial charge in [-0.3, -0.25) is 4.79 Å². The van der Waals surface area contributed by atoms with Crippen LogP contribution in [0, 0.1) is 0 Å². The number of anilines is 1. The largest absolute Gasteiger partial charge is 0.410 e. The predicted octanol–water partition coefficient (Wildman–Crippen LogP) is 6.46. The van der Waals surface area contributed by atoms with Crippen molar-refractivity contribution in [1.82, 2.24) is 14.7 Å². The van der Waals surface area contributed by atoms with E-state index in [1.807, 2.05) is 43.3 Å². The van der Waals surface area contributed by atoms with E-state index in [4.69, 9.17) is 11.6 Å². The number of rotatable bonds is 7. The Morgan fingerprint density at radius 3 is 2.50 bits per heavy atom. The second kappa shape index (κ2) is 9.80. The predicted molar refractivity (Wildman–Crippen MR) is 126 cm³/mol. The topological polar surface area (TPSA) is 50.2 Å². The Bertz CT molecular complexity index is 1150. The van der Waals surface area contributed by atoms with Crippen molar-refractivity contribution in [3.63, 3.8) is 0 Å². The summed E-state index contributed by atoms with van der Waals surface area (Å²) in [6.45, 7) is 0. The summed E-state index contributed by atoms with van der Waals surface area (Å²) in [5, 5.41) is 7.72. The maximum atomic E-state index is 13.9. The lowest BCUT2D eigenvalue weighted by atomic mass is 9.95. The molecule has 1 N–H and O–H groups in total. The number of halogens is 4. The summed E-state index contributed by atoms with van der Waals surface area (Å²) in [6, 6.07) is 13.9. The van der Waals surface area contributed by atoms with Gasteiger partial charge in [-0.1, -0.05) is 60.1 Å². The van der Waals surface area contributed by atoms with Gasteiger partial charge in [0, 0.05) is 23.9 Å². The maximum absolute atomic E-state index is 13.9. The molecule has 0 aliphatic carbocycles.